The number of methoxy groups -OCH3 is 1. The number of anilines is 1. The van der Waals surface area contributed by atoms with E-state index in [0.717, 1.165) is 44.2 Å². The largest absolute Gasteiger partial charge is 0.383 e. The van der Waals surface area contributed by atoms with Crippen molar-refractivity contribution >= 4 is 11.6 Å². The Kier molecular flexibility index (Phi) is 10.8. The molecular formula is C24H37N5O. The third-order valence-electron chi connectivity index (χ3n) is 5.15. The van der Waals surface area contributed by atoms with Crippen molar-refractivity contribution in [2.75, 3.05) is 46.2 Å². The van der Waals surface area contributed by atoms with Crippen LogP contribution in [0.2, 0.25) is 0 Å². The lowest BCUT2D eigenvalue weighted by atomic mass is 10.1. The van der Waals surface area contributed by atoms with Crippen LogP contribution in [0.4, 0.5) is 5.69 Å². The molecule has 0 fully saturated rings. The van der Waals surface area contributed by atoms with E-state index >= 15 is 0 Å². The highest BCUT2D eigenvalue weighted by atomic mass is 16.5. The van der Waals surface area contributed by atoms with Gasteiger partial charge in [-0.25, -0.2) is 0 Å². The lowest BCUT2D eigenvalue weighted by Gasteiger charge is -2.25. The van der Waals surface area contributed by atoms with Gasteiger partial charge in [0.05, 0.1) is 6.61 Å². The minimum Gasteiger partial charge on any atom is -0.383 e. The molecule has 0 heterocycles. The Bertz CT molecular complexity index is 733. The molecule has 0 saturated carbocycles. The smallest absolute Gasteiger partial charge is 0.191 e. The van der Waals surface area contributed by atoms with E-state index in [2.05, 4.69) is 94.4 Å². The molecule has 2 aromatic rings. The summed E-state index contributed by atoms with van der Waals surface area (Å²) in [6, 6.07) is 19.5. The van der Waals surface area contributed by atoms with Crippen molar-refractivity contribution in [3.05, 3.63) is 65.7 Å². The van der Waals surface area contributed by atoms with E-state index < -0.39 is 0 Å². The molecule has 0 aromatic heterocycles. The monoisotopic (exact) mass is 411 g/mol. The molecule has 0 bridgehead atoms. The molecule has 0 aliphatic heterocycles. The molecule has 0 amide bonds. The summed E-state index contributed by atoms with van der Waals surface area (Å²) in [4.78, 5) is 6.72. The first-order valence-corrected chi connectivity index (χ1v) is 10.6. The summed E-state index contributed by atoms with van der Waals surface area (Å²) in [7, 11) is 5.70. The quantitative estimate of drug-likeness (QED) is 0.284. The highest BCUT2D eigenvalue weighted by Crippen LogP contribution is 2.09. The SMILES string of the molecule is CN=C(NCCC(C)N(C)Cc1ccccc1)NCc1ccc(NCCOC)cc1. The molecule has 30 heavy (non-hydrogen) atoms. The fourth-order valence-corrected chi connectivity index (χ4v) is 3.09. The van der Waals surface area contributed by atoms with E-state index in [0.29, 0.717) is 12.6 Å². The van der Waals surface area contributed by atoms with Crippen molar-refractivity contribution in [2.24, 2.45) is 4.99 Å². The maximum atomic E-state index is 5.06. The average Bonchev–Trinajstić information content (AvgIpc) is 2.77. The summed E-state index contributed by atoms with van der Waals surface area (Å²) in [5.74, 6) is 0.829. The van der Waals surface area contributed by atoms with Crippen LogP contribution in [0.25, 0.3) is 0 Å². The van der Waals surface area contributed by atoms with Crippen molar-refractivity contribution in [3.63, 3.8) is 0 Å². The number of aliphatic imine (C=N–C) groups is 1. The second kappa shape index (κ2) is 13.6. The zero-order valence-corrected chi connectivity index (χ0v) is 18.8. The normalized spacial score (nSPS) is 12.6. The second-order valence-electron chi connectivity index (χ2n) is 7.51. The Balaban J connectivity index is 1.68. The van der Waals surface area contributed by atoms with Crippen LogP contribution < -0.4 is 16.0 Å². The number of nitrogens with zero attached hydrogens (tertiary/aromatic N) is 2. The van der Waals surface area contributed by atoms with Crippen molar-refractivity contribution in [3.8, 4) is 0 Å². The number of rotatable bonds is 12. The predicted octanol–water partition coefficient (Wildman–Crippen LogP) is 3.32. The van der Waals surface area contributed by atoms with Gasteiger partial charge in [0.1, 0.15) is 0 Å². The van der Waals surface area contributed by atoms with Crippen LogP contribution >= 0.6 is 0 Å². The zero-order valence-electron chi connectivity index (χ0n) is 18.8. The van der Waals surface area contributed by atoms with Gasteiger partial charge in [-0.05, 0) is 43.7 Å². The molecule has 0 radical (unpaired) electrons. The van der Waals surface area contributed by atoms with E-state index in [4.69, 9.17) is 4.74 Å². The Labute approximate surface area is 181 Å². The van der Waals surface area contributed by atoms with Crippen LogP contribution in [0.1, 0.15) is 24.5 Å². The summed E-state index contributed by atoms with van der Waals surface area (Å²) in [5.41, 5.74) is 3.66. The van der Waals surface area contributed by atoms with Crippen LogP contribution in [0.5, 0.6) is 0 Å². The minimum absolute atomic E-state index is 0.481. The van der Waals surface area contributed by atoms with Crippen molar-refractivity contribution in [1.82, 2.24) is 15.5 Å². The summed E-state index contributed by atoms with van der Waals surface area (Å²) in [6.07, 6.45) is 1.05. The first kappa shape index (κ1) is 23.7. The van der Waals surface area contributed by atoms with Crippen molar-refractivity contribution in [2.45, 2.75) is 32.5 Å². The van der Waals surface area contributed by atoms with E-state index in [-0.39, 0.29) is 0 Å². The van der Waals surface area contributed by atoms with Gasteiger partial charge in [0.15, 0.2) is 5.96 Å². The first-order valence-electron chi connectivity index (χ1n) is 10.6. The molecule has 2 aromatic carbocycles. The van der Waals surface area contributed by atoms with Gasteiger partial charge in [0.25, 0.3) is 0 Å². The van der Waals surface area contributed by atoms with Crippen LogP contribution in [0, 0.1) is 0 Å². The van der Waals surface area contributed by atoms with Crippen LogP contribution in [-0.4, -0.2) is 57.8 Å². The topological polar surface area (TPSA) is 60.9 Å². The third kappa shape index (κ3) is 8.84. The Morgan fingerprint density at radius 2 is 1.73 bits per heavy atom. The minimum atomic E-state index is 0.481. The van der Waals surface area contributed by atoms with Gasteiger partial charge < -0.3 is 20.7 Å². The Morgan fingerprint density at radius 1 is 1.00 bits per heavy atom. The summed E-state index contributed by atoms with van der Waals surface area (Å²) < 4.78 is 5.06. The van der Waals surface area contributed by atoms with Crippen LogP contribution in [-0.2, 0) is 17.8 Å². The maximum absolute atomic E-state index is 5.06. The fourth-order valence-electron chi connectivity index (χ4n) is 3.09. The van der Waals surface area contributed by atoms with E-state index in [1.54, 1.807) is 7.11 Å². The van der Waals surface area contributed by atoms with Crippen LogP contribution in [0.15, 0.2) is 59.6 Å². The van der Waals surface area contributed by atoms with E-state index in [9.17, 15) is 0 Å². The van der Waals surface area contributed by atoms with Gasteiger partial charge in [-0.15, -0.1) is 0 Å². The molecule has 2 rings (SSSR count). The molecule has 0 aliphatic carbocycles. The number of benzene rings is 2. The fraction of sp³-hybridized carbons (Fsp3) is 0.458. The van der Waals surface area contributed by atoms with Gasteiger partial charge in [-0.2, -0.15) is 0 Å². The highest BCUT2D eigenvalue weighted by Gasteiger charge is 2.09. The predicted molar refractivity (Wildman–Crippen MR) is 127 cm³/mol. The number of nitrogens with one attached hydrogen (secondary N) is 3. The van der Waals surface area contributed by atoms with E-state index in [1.807, 2.05) is 7.05 Å². The average molecular weight is 412 g/mol. The number of hydrogen-bond acceptors (Lipinski definition) is 4. The first-order chi connectivity index (χ1) is 14.6. The lowest BCUT2D eigenvalue weighted by molar-refractivity contribution is 0.211. The lowest BCUT2D eigenvalue weighted by Crippen LogP contribution is -2.39. The van der Waals surface area contributed by atoms with Gasteiger partial charge in [-0.3, -0.25) is 9.89 Å². The third-order valence-corrected chi connectivity index (χ3v) is 5.15. The molecule has 6 nitrogen and oxygen atoms in total. The molecule has 164 valence electrons. The number of ether oxygens (including phenoxy) is 1. The Morgan fingerprint density at radius 3 is 2.40 bits per heavy atom. The van der Waals surface area contributed by atoms with Gasteiger partial charge in [-0.1, -0.05) is 42.5 Å². The zero-order chi connectivity index (χ0) is 21.6. The number of guanidine groups is 1. The standard InChI is InChI=1S/C24H37N5O/c1-20(29(3)19-22-8-6-5-7-9-22)14-15-27-24(25-2)28-18-21-10-12-23(13-11-21)26-16-17-30-4/h5-13,20,26H,14-19H2,1-4H3,(H2,25,27,28). The molecule has 0 aliphatic rings. The van der Waals surface area contributed by atoms with E-state index in [1.165, 1.54) is 11.1 Å². The van der Waals surface area contributed by atoms with Gasteiger partial charge in [0, 0.05) is 52.1 Å². The maximum Gasteiger partial charge on any atom is 0.191 e. The molecule has 1 atom stereocenters. The van der Waals surface area contributed by atoms with Crippen molar-refractivity contribution < 1.29 is 4.74 Å². The van der Waals surface area contributed by atoms with Gasteiger partial charge in [0.2, 0.25) is 0 Å². The molecule has 0 spiro atoms. The Hall–Kier alpha value is -2.57. The van der Waals surface area contributed by atoms with Crippen LogP contribution in [0.3, 0.4) is 0 Å². The second-order valence-corrected chi connectivity index (χ2v) is 7.51. The summed E-state index contributed by atoms with van der Waals surface area (Å²) >= 11 is 0. The molecule has 6 heteroatoms. The molecule has 1 unspecified atom stereocenters. The summed E-state index contributed by atoms with van der Waals surface area (Å²) in [5, 5.41) is 10.1. The summed E-state index contributed by atoms with van der Waals surface area (Å²) in [6.45, 7) is 6.35. The molecule has 0 saturated heterocycles. The number of hydrogen-bond donors (Lipinski definition) is 3. The highest BCUT2D eigenvalue weighted by molar-refractivity contribution is 5.79. The molecular weight excluding hydrogens is 374 g/mol. The van der Waals surface area contributed by atoms with Crippen molar-refractivity contribution in [1.29, 1.82) is 0 Å². The molecule has 3 N–H and O–H groups in total. The van der Waals surface area contributed by atoms with Gasteiger partial charge >= 0.3 is 0 Å².